The van der Waals surface area contributed by atoms with Crippen molar-refractivity contribution in [2.24, 2.45) is 5.41 Å². The average molecular weight is 511 g/mol. The van der Waals surface area contributed by atoms with Crippen LogP contribution in [-0.4, -0.2) is 65.3 Å². The second-order valence-corrected chi connectivity index (χ2v) is 10.2. The van der Waals surface area contributed by atoms with E-state index in [1.807, 2.05) is 12.1 Å². The summed E-state index contributed by atoms with van der Waals surface area (Å²) in [5.74, 6) is -2.59. The molecule has 2 aromatic rings. The molecule has 1 saturated heterocycles. The molecule has 9 nitrogen and oxygen atoms in total. The zero-order chi connectivity index (χ0) is 27.2. The molecule has 0 aliphatic carbocycles. The van der Waals surface area contributed by atoms with Crippen molar-refractivity contribution in [3.05, 3.63) is 71.8 Å². The molecule has 3 rings (SSSR count). The Morgan fingerprint density at radius 1 is 1.05 bits per heavy atom. The van der Waals surface area contributed by atoms with Crippen LogP contribution in [0.4, 0.5) is 4.79 Å². The topological polar surface area (TPSA) is 122 Å². The first-order valence-corrected chi connectivity index (χ1v) is 12.2. The van der Waals surface area contributed by atoms with E-state index in [0.717, 1.165) is 11.1 Å². The third kappa shape index (κ3) is 6.67. The minimum Gasteiger partial charge on any atom is -0.480 e. The van der Waals surface area contributed by atoms with Crippen LogP contribution in [0.25, 0.3) is 0 Å². The Bertz CT molecular complexity index is 1110. The molecular formula is C28H34N2O7. The molecule has 2 aromatic carbocycles. The number of hydrogen-bond acceptors (Lipinski definition) is 6. The Morgan fingerprint density at radius 3 is 2.14 bits per heavy atom. The normalized spacial score (nSPS) is 20.3. The van der Waals surface area contributed by atoms with Crippen molar-refractivity contribution >= 4 is 23.9 Å². The van der Waals surface area contributed by atoms with Crippen LogP contribution >= 0.6 is 0 Å². The highest BCUT2D eigenvalue weighted by Crippen LogP contribution is 2.42. The fourth-order valence-electron chi connectivity index (χ4n) is 4.75. The van der Waals surface area contributed by atoms with Gasteiger partial charge in [-0.05, 0) is 44.7 Å². The van der Waals surface area contributed by atoms with E-state index in [1.165, 1.54) is 12.0 Å². The molecule has 2 amide bonds. The van der Waals surface area contributed by atoms with Gasteiger partial charge in [0, 0.05) is 13.0 Å². The van der Waals surface area contributed by atoms with Crippen LogP contribution in [-0.2, 0) is 36.7 Å². The van der Waals surface area contributed by atoms with E-state index in [1.54, 1.807) is 69.3 Å². The molecule has 0 radical (unpaired) electrons. The standard InChI is InChI=1S/C28H34N2O7/c1-27(2,3)37-26(35)29-18-21-17-28(25(34)36-4,16-20-13-9-6-10-14-20)24(33)30(21)22(23(31)32)15-19-11-7-5-8-12-19/h5-14,21-22H,15-18H2,1-4H3,(H,29,35)(H,31,32)/t21-,22+,28-/m1/s1. The van der Waals surface area contributed by atoms with Gasteiger partial charge in [-0.3, -0.25) is 9.59 Å². The lowest BCUT2D eigenvalue weighted by Gasteiger charge is -2.32. The number of ether oxygens (including phenoxy) is 2. The second kappa shape index (κ2) is 11.5. The first kappa shape index (κ1) is 27.7. The summed E-state index contributed by atoms with van der Waals surface area (Å²) in [5.41, 5.74) is -0.923. The Kier molecular flexibility index (Phi) is 8.57. The lowest BCUT2D eigenvalue weighted by atomic mass is 9.78. The molecule has 2 N–H and O–H groups in total. The summed E-state index contributed by atoms with van der Waals surface area (Å²) >= 11 is 0. The number of amides is 2. The van der Waals surface area contributed by atoms with Crippen molar-refractivity contribution in [1.29, 1.82) is 0 Å². The molecular weight excluding hydrogens is 476 g/mol. The van der Waals surface area contributed by atoms with Crippen molar-refractivity contribution in [3.63, 3.8) is 0 Å². The Balaban J connectivity index is 2.00. The van der Waals surface area contributed by atoms with Crippen molar-refractivity contribution in [2.45, 2.75) is 57.7 Å². The van der Waals surface area contributed by atoms with Crippen LogP contribution in [0, 0.1) is 5.41 Å². The monoisotopic (exact) mass is 510 g/mol. The van der Waals surface area contributed by atoms with Gasteiger partial charge in [0.1, 0.15) is 11.6 Å². The van der Waals surface area contributed by atoms with E-state index in [0.29, 0.717) is 0 Å². The number of carboxylic acids is 1. The van der Waals surface area contributed by atoms with Gasteiger partial charge in [0.15, 0.2) is 5.41 Å². The molecule has 0 saturated carbocycles. The second-order valence-electron chi connectivity index (χ2n) is 10.2. The average Bonchev–Trinajstić information content (AvgIpc) is 3.12. The van der Waals surface area contributed by atoms with Gasteiger partial charge in [-0.2, -0.15) is 0 Å². The van der Waals surface area contributed by atoms with Crippen LogP contribution in [0.1, 0.15) is 38.3 Å². The molecule has 9 heteroatoms. The fraction of sp³-hybridized carbons (Fsp3) is 0.429. The van der Waals surface area contributed by atoms with E-state index in [9.17, 15) is 24.3 Å². The van der Waals surface area contributed by atoms with E-state index < -0.39 is 47.0 Å². The number of carbonyl (C=O) groups excluding carboxylic acids is 3. The lowest BCUT2D eigenvalue weighted by molar-refractivity contribution is -0.162. The SMILES string of the molecule is COC(=O)[C@]1(Cc2ccccc2)C[C@H](CNC(=O)OC(C)(C)C)N([C@@H](Cc2ccccc2)C(=O)O)C1=O. The van der Waals surface area contributed by atoms with E-state index >= 15 is 0 Å². The maximum absolute atomic E-state index is 14.1. The van der Waals surface area contributed by atoms with Crippen molar-refractivity contribution in [3.8, 4) is 0 Å². The van der Waals surface area contributed by atoms with Gasteiger partial charge in [0.2, 0.25) is 5.91 Å². The third-order valence-electron chi connectivity index (χ3n) is 6.32. The summed E-state index contributed by atoms with van der Waals surface area (Å²) in [6.45, 7) is 5.08. The largest absolute Gasteiger partial charge is 0.480 e. The highest BCUT2D eigenvalue weighted by Gasteiger charge is 2.59. The van der Waals surface area contributed by atoms with Crippen LogP contribution < -0.4 is 5.32 Å². The number of hydrogen-bond donors (Lipinski definition) is 2. The minimum atomic E-state index is -1.64. The van der Waals surface area contributed by atoms with Crippen molar-refractivity contribution < 1.29 is 33.8 Å². The first-order chi connectivity index (χ1) is 17.5. The molecule has 0 bridgehead atoms. The summed E-state index contributed by atoms with van der Waals surface area (Å²) in [7, 11) is 1.21. The zero-order valence-corrected chi connectivity index (χ0v) is 21.6. The van der Waals surface area contributed by atoms with Crippen LogP contribution in [0.15, 0.2) is 60.7 Å². The molecule has 1 aliphatic heterocycles. The molecule has 0 unspecified atom stereocenters. The molecule has 1 heterocycles. The molecule has 3 atom stereocenters. The predicted octanol–water partition coefficient (Wildman–Crippen LogP) is 3.21. The third-order valence-corrected chi connectivity index (χ3v) is 6.32. The van der Waals surface area contributed by atoms with Gasteiger partial charge in [-0.15, -0.1) is 0 Å². The van der Waals surface area contributed by atoms with Gasteiger partial charge >= 0.3 is 18.0 Å². The smallest absolute Gasteiger partial charge is 0.407 e. The van der Waals surface area contributed by atoms with Crippen molar-refractivity contribution in [1.82, 2.24) is 10.2 Å². The summed E-state index contributed by atoms with van der Waals surface area (Å²) in [4.78, 5) is 53.4. The van der Waals surface area contributed by atoms with Crippen LogP contribution in [0.3, 0.4) is 0 Å². The van der Waals surface area contributed by atoms with Crippen molar-refractivity contribution in [2.75, 3.05) is 13.7 Å². The summed E-state index contributed by atoms with van der Waals surface area (Å²) in [6.07, 6.45) is -0.653. The highest BCUT2D eigenvalue weighted by molar-refractivity contribution is 6.06. The first-order valence-electron chi connectivity index (χ1n) is 12.2. The minimum absolute atomic E-state index is 0.0260. The number of nitrogens with one attached hydrogen (secondary N) is 1. The molecule has 198 valence electrons. The summed E-state index contributed by atoms with van der Waals surface area (Å²) < 4.78 is 10.4. The van der Waals surface area contributed by atoms with Gasteiger partial charge in [-0.1, -0.05) is 60.7 Å². The van der Waals surface area contributed by atoms with E-state index in [-0.39, 0.29) is 25.8 Å². The maximum atomic E-state index is 14.1. The number of aliphatic carboxylic acids is 1. The Labute approximate surface area is 216 Å². The number of likely N-dealkylation sites (tertiary alicyclic amines) is 1. The van der Waals surface area contributed by atoms with Gasteiger partial charge in [0.05, 0.1) is 13.2 Å². The van der Waals surface area contributed by atoms with Crippen LogP contribution in [0.5, 0.6) is 0 Å². The molecule has 1 aliphatic rings. The van der Waals surface area contributed by atoms with E-state index in [4.69, 9.17) is 9.47 Å². The number of nitrogens with zero attached hydrogens (tertiary/aromatic N) is 1. The number of carboxylic acid groups (broad SMARTS) is 1. The Hall–Kier alpha value is -3.88. The van der Waals surface area contributed by atoms with E-state index in [2.05, 4.69) is 5.32 Å². The molecule has 37 heavy (non-hydrogen) atoms. The summed E-state index contributed by atoms with van der Waals surface area (Å²) in [5, 5.41) is 12.8. The highest BCUT2D eigenvalue weighted by atomic mass is 16.6. The lowest BCUT2D eigenvalue weighted by Crippen LogP contribution is -2.53. The number of methoxy groups -OCH3 is 1. The number of carbonyl (C=O) groups is 4. The molecule has 1 fully saturated rings. The maximum Gasteiger partial charge on any atom is 0.407 e. The Morgan fingerprint density at radius 2 is 1.62 bits per heavy atom. The zero-order valence-electron chi connectivity index (χ0n) is 21.6. The van der Waals surface area contributed by atoms with Gasteiger partial charge in [0.25, 0.3) is 0 Å². The van der Waals surface area contributed by atoms with Gasteiger partial charge < -0.3 is 24.8 Å². The number of alkyl carbamates (subject to hydrolysis) is 1. The summed E-state index contributed by atoms with van der Waals surface area (Å²) in [6, 6.07) is 15.9. The molecule has 0 aromatic heterocycles. The molecule has 0 spiro atoms. The van der Waals surface area contributed by atoms with Gasteiger partial charge in [-0.25, -0.2) is 9.59 Å². The van der Waals surface area contributed by atoms with Crippen LogP contribution in [0.2, 0.25) is 0 Å². The number of rotatable bonds is 9. The number of benzene rings is 2. The number of esters is 1. The quantitative estimate of drug-likeness (QED) is 0.392. The fourth-order valence-corrected chi connectivity index (χ4v) is 4.75. The predicted molar refractivity (Wildman–Crippen MR) is 136 cm³/mol.